The van der Waals surface area contributed by atoms with Crippen LogP contribution in [0.4, 0.5) is 0 Å². The number of likely N-dealkylation sites (tertiary alicyclic amines) is 1. The van der Waals surface area contributed by atoms with Gasteiger partial charge >= 0.3 is 0 Å². The Morgan fingerprint density at radius 2 is 1.92 bits per heavy atom. The molecular formula is C10H20N2O. The summed E-state index contributed by atoms with van der Waals surface area (Å²) in [4.78, 5) is 2.54. The Bertz CT molecular complexity index is 149. The molecule has 3 nitrogen and oxygen atoms in total. The molecule has 0 spiro atoms. The van der Waals surface area contributed by atoms with Gasteiger partial charge in [-0.2, -0.15) is 0 Å². The minimum absolute atomic E-state index is 0.0344. The van der Waals surface area contributed by atoms with Gasteiger partial charge in [-0.15, -0.1) is 0 Å². The van der Waals surface area contributed by atoms with Crippen LogP contribution in [0, 0.1) is 0 Å². The van der Waals surface area contributed by atoms with E-state index < -0.39 is 0 Å². The van der Waals surface area contributed by atoms with Crippen LogP contribution in [-0.2, 0) is 0 Å². The average Bonchev–Trinajstić information content (AvgIpc) is 2.20. The summed E-state index contributed by atoms with van der Waals surface area (Å²) in [5, 5.41) is 12.8. The Morgan fingerprint density at radius 3 is 2.54 bits per heavy atom. The zero-order valence-corrected chi connectivity index (χ0v) is 8.21. The molecule has 0 aromatic carbocycles. The second-order valence-electron chi connectivity index (χ2n) is 4.27. The zero-order valence-electron chi connectivity index (χ0n) is 8.21. The summed E-state index contributed by atoms with van der Waals surface area (Å²) in [5.41, 5.74) is 0. The maximum atomic E-state index is 9.38. The molecule has 0 unspecified atom stereocenters. The molecule has 1 atom stereocenters. The van der Waals surface area contributed by atoms with Gasteiger partial charge in [0.2, 0.25) is 0 Å². The SMILES string of the molecule is OC1CCN([C@@H]2CCCNC2)CC1. The maximum absolute atomic E-state index is 9.38. The lowest BCUT2D eigenvalue weighted by Crippen LogP contribution is -2.49. The van der Waals surface area contributed by atoms with Gasteiger partial charge in [0.25, 0.3) is 0 Å². The number of piperidine rings is 2. The van der Waals surface area contributed by atoms with Gasteiger partial charge < -0.3 is 10.4 Å². The Kier molecular flexibility index (Phi) is 3.19. The largest absolute Gasteiger partial charge is 0.393 e. The topological polar surface area (TPSA) is 35.5 Å². The molecule has 13 heavy (non-hydrogen) atoms. The minimum atomic E-state index is -0.0344. The Balaban J connectivity index is 1.79. The Hall–Kier alpha value is -0.120. The molecule has 0 amide bonds. The van der Waals surface area contributed by atoms with Crippen LogP contribution in [0.3, 0.4) is 0 Å². The summed E-state index contributed by atoms with van der Waals surface area (Å²) >= 11 is 0. The Morgan fingerprint density at radius 1 is 1.15 bits per heavy atom. The predicted octanol–water partition coefficient (Wildman–Crippen LogP) is 0.195. The summed E-state index contributed by atoms with van der Waals surface area (Å²) in [6.45, 7) is 4.52. The van der Waals surface area contributed by atoms with E-state index in [1.807, 2.05) is 0 Å². The van der Waals surface area contributed by atoms with Crippen molar-refractivity contribution in [1.82, 2.24) is 10.2 Å². The molecule has 0 aromatic heterocycles. The molecule has 2 aliphatic rings. The third-order valence-corrected chi connectivity index (χ3v) is 3.29. The quantitative estimate of drug-likeness (QED) is 0.611. The molecule has 2 N–H and O–H groups in total. The molecule has 0 aliphatic carbocycles. The monoisotopic (exact) mass is 184 g/mol. The maximum Gasteiger partial charge on any atom is 0.0564 e. The molecule has 2 heterocycles. The van der Waals surface area contributed by atoms with E-state index in [9.17, 15) is 5.11 Å². The van der Waals surface area contributed by atoms with Crippen molar-refractivity contribution in [3.63, 3.8) is 0 Å². The number of rotatable bonds is 1. The first kappa shape index (κ1) is 9.44. The lowest BCUT2D eigenvalue weighted by molar-refractivity contribution is 0.0541. The fourth-order valence-corrected chi connectivity index (χ4v) is 2.40. The fourth-order valence-electron chi connectivity index (χ4n) is 2.40. The second-order valence-corrected chi connectivity index (χ2v) is 4.27. The molecule has 2 saturated heterocycles. The van der Waals surface area contributed by atoms with Gasteiger partial charge in [-0.05, 0) is 32.2 Å². The van der Waals surface area contributed by atoms with Gasteiger partial charge in [-0.1, -0.05) is 0 Å². The third-order valence-electron chi connectivity index (χ3n) is 3.29. The molecule has 0 bridgehead atoms. The highest BCUT2D eigenvalue weighted by Gasteiger charge is 2.24. The first-order valence-corrected chi connectivity index (χ1v) is 5.49. The van der Waals surface area contributed by atoms with Crippen LogP contribution < -0.4 is 5.32 Å². The highest BCUT2D eigenvalue weighted by Crippen LogP contribution is 2.16. The van der Waals surface area contributed by atoms with Crippen LogP contribution in [0.25, 0.3) is 0 Å². The number of hydrogen-bond donors (Lipinski definition) is 2. The van der Waals surface area contributed by atoms with Crippen molar-refractivity contribution in [2.75, 3.05) is 26.2 Å². The lowest BCUT2D eigenvalue weighted by atomic mass is 10.0. The third kappa shape index (κ3) is 2.42. The Labute approximate surface area is 80.1 Å². The highest BCUT2D eigenvalue weighted by atomic mass is 16.3. The molecule has 0 aromatic rings. The van der Waals surface area contributed by atoms with Crippen molar-refractivity contribution in [1.29, 1.82) is 0 Å². The molecule has 2 fully saturated rings. The van der Waals surface area contributed by atoms with Gasteiger partial charge in [-0.3, -0.25) is 4.90 Å². The zero-order chi connectivity index (χ0) is 9.10. The standard InChI is InChI=1S/C10H20N2O/c13-10-3-6-12(7-4-10)9-2-1-5-11-8-9/h9-11,13H,1-8H2/t9-/m1/s1. The number of hydrogen-bond acceptors (Lipinski definition) is 3. The number of nitrogens with one attached hydrogen (secondary N) is 1. The summed E-state index contributed by atoms with van der Waals surface area (Å²) in [6.07, 6.45) is 4.55. The van der Waals surface area contributed by atoms with Gasteiger partial charge in [0.05, 0.1) is 6.10 Å². The van der Waals surface area contributed by atoms with Crippen LogP contribution >= 0.6 is 0 Å². The van der Waals surface area contributed by atoms with Gasteiger partial charge in [-0.25, -0.2) is 0 Å². The number of nitrogens with zero attached hydrogens (tertiary/aromatic N) is 1. The van der Waals surface area contributed by atoms with Crippen LogP contribution in [0.5, 0.6) is 0 Å². The van der Waals surface area contributed by atoms with E-state index in [0.717, 1.165) is 38.5 Å². The van der Waals surface area contributed by atoms with E-state index in [4.69, 9.17) is 0 Å². The number of aliphatic hydroxyl groups excluding tert-OH is 1. The molecule has 76 valence electrons. The van der Waals surface area contributed by atoms with E-state index in [0.29, 0.717) is 0 Å². The first-order valence-electron chi connectivity index (χ1n) is 5.49. The van der Waals surface area contributed by atoms with E-state index in [1.165, 1.54) is 19.4 Å². The molecule has 3 heteroatoms. The van der Waals surface area contributed by atoms with Gasteiger partial charge in [0.15, 0.2) is 0 Å². The van der Waals surface area contributed by atoms with Crippen LogP contribution in [-0.4, -0.2) is 48.3 Å². The fraction of sp³-hybridized carbons (Fsp3) is 1.00. The van der Waals surface area contributed by atoms with Crippen molar-refractivity contribution < 1.29 is 5.11 Å². The summed E-state index contributed by atoms with van der Waals surface area (Å²) in [7, 11) is 0. The highest BCUT2D eigenvalue weighted by molar-refractivity contribution is 4.82. The van der Waals surface area contributed by atoms with Crippen LogP contribution in [0.15, 0.2) is 0 Å². The minimum Gasteiger partial charge on any atom is -0.393 e. The smallest absolute Gasteiger partial charge is 0.0564 e. The summed E-state index contributed by atoms with van der Waals surface area (Å²) in [5.74, 6) is 0. The lowest BCUT2D eigenvalue weighted by Gasteiger charge is -2.38. The van der Waals surface area contributed by atoms with Crippen LogP contribution in [0.1, 0.15) is 25.7 Å². The van der Waals surface area contributed by atoms with Gasteiger partial charge in [0, 0.05) is 25.7 Å². The summed E-state index contributed by atoms with van der Waals surface area (Å²) in [6, 6.07) is 0.737. The van der Waals surface area contributed by atoms with Crippen molar-refractivity contribution in [2.24, 2.45) is 0 Å². The van der Waals surface area contributed by atoms with Crippen LogP contribution in [0.2, 0.25) is 0 Å². The molecule has 2 rings (SSSR count). The molecule has 0 radical (unpaired) electrons. The van der Waals surface area contributed by atoms with Crippen molar-refractivity contribution >= 4 is 0 Å². The second kappa shape index (κ2) is 4.40. The van der Waals surface area contributed by atoms with Crippen molar-refractivity contribution in [2.45, 2.75) is 37.8 Å². The number of aliphatic hydroxyl groups is 1. The van der Waals surface area contributed by atoms with Crippen molar-refractivity contribution in [3.8, 4) is 0 Å². The molecule has 2 aliphatic heterocycles. The van der Waals surface area contributed by atoms with Crippen molar-refractivity contribution in [3.05, 3.63) is 0 Å². The molecule has 0 saturated carbocycles. The predicted molar refractivity (Wildman–Crippen MR) is 52.7 cm³/mol. The average molecular weight is 184 g/mol. The molecular weight excluding hydrogens is 164 g/mol. The normalized spacial score (nSPS) is 33.5. The van der Waals surface area contributed by atoms with E-state index in [2.05, 4.69) is 10.2 Å². The first-order chi connectivity index (χ1) is 6.36. The van der Waals surface area contributed by atoms with E-state index in [1.54, 1.807) is 0 Å². The van der Waals surface area contributed by atoms with Gasteiger partial charge in [0.1, 0.15) is 0 Å². The van der Waals surface area contributed by atoms with E-state index >= 15 is 0 Å². The summed E-state index contributed by atoms with van der Waals surface area (Å²) < 4.78 is 0. The van der Waals surface area contributed by atoms with E-state index in [-0.39, 0.29) is 6.10 Å².